The molecule has 0 spiro atoms. The number of pyridine rings is 1. The minimum atomic E-state index is -0.889. The van der Waals surface area contributed by atoms with E-state index in [4.69, 9.17) is 24.2 Å². The Morgan fingerprint density at radius 2 is 1.84 bits per heavy atom. The third kappa shape index (κ3) is 7.16. The van der Waals surface area contributed by atoms with Gasteiger partial charge in [0.05, 0.1) is 30.0 Å². The maximum Gasteiger partial charge on any atom is 0.308 e. The maximum atomic E-state index is 14.1. The number of esters is 1. The number of anilines is 1. The molecule has 0 amide bonds. The van der Waals surface area contributed by atoms with Crippen molar-refractivity contribution in [1.82, 2.24) is 15.0 Å². The Balaban J connectivity index is 1.60. The summed E-state index contributed by atoms with van der Waals surface area (Å²) in [6, 6.07) is 6.63. The van der Waals surface area contributed by atoms with E-state index in [1.807, 2.05) is 59.9 Å². The van der Waals surface area contributed by atoms with E-state index in [0.29, 0.717) is 12.8 Å². The van der Waals surface area contributed by atoms with Gasteiger partial charge in [0.1, 0.15) is 17.1 Å². The SMILES string of the molecule is CC(C)c1nc2c(c(-c3ccc(F)cc3)c1C=C[C@@H]1C[C@H](CC(=O)OC(C)(C)C)OC(C)(C)O1)CCN(C)c1nccnc1-2. The van der Waals surface area contributed by atoms with Crippen LogP contribution in [0.5, 0.6) is 0 Å². The molecule has 8 nitrogen and oxygen atoms in total. The van der Waals surface area contributed by atoms with Crippen LogP contribution in [0.15, 0.2) is 42.7 Å². The van der Waals surface area contributed by atoms with E-state index in [9.17, 15) is 9.18 Å². The van der Waals surface area contributed by atoms with Gasteiger partial charge in [0.25, 0.3) is 0 Å². The third-order valence-corrected chi connectivity index (χ3v) is 7.68. The first-order valence-electron chi connectivity index (χ1n) is 15.3. The number of ether oxygens (including phenoxy) is 3. The van der Waals surface area contributed by atoms with Crippen molar-refractivity contribution in [2.24, 2.45) is 0 Å². The second kappa shape index (κ2) is 12.4. The van der Waals surface area contributed by atoms with Crippen molar-refractivity contribution in [3.05, 3.63) is 65.4 Å². The Hall–Kier alpha value is -3.69. The highest BCUT2D eigenvalue weighted by Gasteiger charge is 2.36. The molecule has 234 valence electrons. The van der Waals surface area contributed by atoms with Crippen LogP contribution in [-0.2, 0) is 25.4 Å². The average Bonchev–Trinajstić information content (AvgIpc) is 3.06. The van der Waals surface area contributed by atoms with Crippen molar-refractivity contribution in [1.29, 1.82) is 0 Å². The monoisotopic (exact) mass is 602 g/mol. The first kappa shape index (κ1) is 31.7. The zero-order valence-electron chi connectivity index (χ0n) is 27.0. The van der Waals surface area contributed by atoms with Crippen LogP contribution in [-0.4, -0.2) is 58.1 Å². The number of aromatic nitrogens is 3. The molecule has 0 saturated carbocycles. The number of carbonyl (C=O) groups excluding carboxylic acids is 1. The highest BCUT2D eigenvalue weighted by Crippen LogP contribution is 2.42. The zero-order chi connectivity index (χ0) is 31.8. The van der Waals surface area contributed by atoms with E-state index in [0.717, 1.165) is 51.7 Å². The molecular weight excluding hydrogens is 559 g/mol. The molecule has 9 heteroatoms. The number of nitrogens with zero attached hydrogens (tertiary/aromatic N) is 4. The molecule has 0 bridgehead atoms. The Labute approximate surface area is 259 Å². The Morgan fingerprint density at radius 1 is 1.14 bits per heavy atom. The molecule has 1 saturated heterocycles. The van der Waals surface area contributed by atoms with Gasteiger partial charge in [-0.1, -0.05) is 38.1 Å². The molecule has 0 unspecified atom stereocenters. The summed E-state index contributed by atoms with van der Waals surface area (Å²) in [7, 11) is 2.01. The molecule has 2 aromatic heterocycles. The number of halogens is 1. The van der Waals surface area contributed by atoms with Crippen molar-refractivity contribution >= 4 is 17.9 Å². The molecule has 1 aromatic carbocycles. The number of rotatable bonds is 6. The molecule has 3 aromatic rings. The zero-order valence-corrected chi connectivity index (χ0v) is 27.0. The summed E-state index contributed by atoms with van der Waals surface area (Å²) in [6.45, 7) is 14.2. The van der Waals surface area contributed by atoms with Crippen LogP contribution in [0.25, 0.3) is 28.6 Å². The lowest BCUT2D eigenvalue weighted by molar-refractivity contribution is -0.290. The summed E-state index contributed by atoms with van der Waals surface area (Å²) in [6.07, 6.45) is 8.17. The lowest BCUT2D eigenvalue weighted by Crippen LogP contribution is -2.45. The van der Waals surface area contributed by atoms with E-state index in [1.54, 1.807) is 12.4 Å². The van der Waals surface area contributed by atoms with Crippen LogP contribution in [0.4, 0.5) is 10.2 Å². The molecule has 2 aliphatic heterocycles. The summed E-state index contributed by atoms with van der Waals surface area (Å²) >= 11 is 0. The first-order valence-corrected chi connectivity index (χ1v) is 15.3. The standard InChI is InChI=1S/C35H43FN4O4/c1-21(2)30-26(14-13-24-19-25(43-35(6,7)42-24)20-28(41)44-34(3,4)5)29(22-9-11-23(36)12-10-22)27-15-18-40(8)33-32(31(27)39-30)37-16-17-38-33/h9-14,16-17,21,24-25H,15,18-20H2,1-8H3/t24-,25-/m1/s1. The van der Waals surface area contributed by atoms with Crippen molar-refractivity contribution in [3.8, 4) is 22.5 Å². The molecule has 44 heavy (non-hydrogen) atoms. The minimum Gasteiger partial charge on any atom is -0.460 e. The summed E-state index contributed by atoms with van der Waals surface area (Å²) in [4.78, 5) is 29.3. The lowest BCUT2D eigenvalue weighted by atomic mass is 9.87. The number of hydrogen-bond donors (Lipinski definition) is 0. The van der Waals surface area contributed by atoms with Crippen LogP contribution in [0.2, 0.25) is 0 Å². The van der Waals surface area contributed by atoms with Gasteiger partial charge in [-0.05, 0) is 75.8 Å². The molecule has 2 aliphatic rings. The topological polar surface area (TPSA) is 86.7 Å². The highest BCUT2D eigenvalue weighted by molar-refractivity contribution is 5.87. The van der Waals surface area contributed by atoms with Gasteiger partial charge in [-0.2, -0.15) is 0 Å². The van der Waals surface area contributed by atoms with Crippen molar-refractivity contribution in [3.63, 3.8) is 0 Å². The number of carbonyl (C=O) groups is 1. The predicted molar refractivity (Wildman–Crippen MR) is 170 cm³/mol. The smallest absolute Gasteiger partial charge is 0.308 e. The lowest BCUT2D eigenvalue weighted by Gasteiger charge is -2.39. The van der Waals surface area contributed by atoms with Crippen molar-refractivity contribution < 1.29 is 23.4 Å². The predicted octanol–water partition coefficient (Wildman–Crippen LogP) is 7.12. The van der Waals surface area contributed by atoms with E-state index in [2.05, 4.69) is 29.8 Å². The second-order valence-electron chi connectivity index (χ2n) is 13.4. The van der Waals surface area contributed by atoms with Gasteiger partial charge in [-0.25, -0.2) is 19.3 Å². The van der Waals surface area contributed by atoms with Gasteiger partial charge in [0, 0.05) is 38.0 Å². The fourth-order valence-corrected chi connectivity index (χ4v) is 5.98. The first-order chi connectivity index (χ1) is 20.7. The Kier molecular flexibility index (Phi) is 8.92. The molecule has 2 atom stereocenters. The molecule has 0 aliphatic carbocycles. The van der Waals surface area contributed by atoms with E-state index in [1.165, 1.54) is 12.1 Å². The maximum absolute atomic E-state index is 14.1. The summed E-state index contributed by atoms with van der Waals surface area (Å²) in [5.74, 6) is -0.616. The number of fused-ring (bicyclic) bond motifs is 3. The van der Waals surface area contributed by atoms with Crippen LogP contribution < -0.4 is 4.90 Å². The molecule has 4 heterocycles. The largest absolute Gasteiger partial charge is 0.460 e. The summed E-state index contributed by atoms with van der Waals surface area (Å²) < 4.78 is 32.1. The number of benzene rings is 1. The van der Waals surface area contributed by atoms with Crippen LogP contribution >= 0.6 is 0 Å². The van der Waals surface area contributed by atoms with Crippen LogP contribution in [0.1, 0.15) is 84.0 Å². The normalized spacial score (nSPS) is 19.9. The van der Waals surface area contributed by atoms with E-state index < -0.39 is 11.4 Å². The van der Waals surface area contributed by atoms with Gasteiger partial charge in [0.15, 0.2) is 11.6 Å². The molecule has 0 N–H and O–H groups in total. The van der Waals surface area contributed by atoms with E-state index >= 15 is 0 Å². The Morgan fingerprint density at radius 3 is 2.52 bits per heavy atom. The number of hydrogen-bond acceptors (Lipinski definition) is 8. The van der Waals surface area contributed by atoms with E-state index in [-0.39, 0.29) is 36.3 Å². The highest BCUT2D eigenvalue weighted by atomic mass is 19.1. The summed E-state index contributed by atoms with van der Waals surface area (Å²) in [5.41, 5.74) is 5.77. The van der Waals surface area contributed by atoms with Crippen molar-refractivity contribution in [2.45, 2.75) is 97.2 Å². The summed E-state index contributed by atoms with van der Waals surface area (Å²) in [5, 5.41) is 0. The van der Waals surface area contributed by atoms with Gasteiger partial charge in [0.2, 0.25) is 0 Å². The van der Waals surface area contributed by atoms with Gasteiger partial charge in [-0.3, -0.25) is 4.79 Å². The molecule has 0 radical (unpaired) electrons. The quantitative estimate of drug-likeness (QED) is 0.276. The molecule has 5 rings (SSSR count). The second-order valence-corrected chi connectivity index (χ2v) is 13.4. The van der Waals surface area contributed by atoms with Gasteiger partial charge in [-0.15, -0.1) is 0 Å². The molecular formula is C35H43FN4O4. The van der Waals surface area contributed by atoms with Crippen molar-refractivity contribution in [2.75, 3.05) is 18.5 Å². The number of likely N-dealkylation sites (N-methyl/N-ethyl adjacent to an activating group) is 1. The fourth-order valence-electron chi connectivity index (χ4n) is 5.98. The third-order valence-electron chi connectivity index (χ3n) is 7.68. The van der Waals surface area contributed by atoms with Crippen LogP contribution in [0.3, 0.4) is 0 Å². The Bertz CT molecular complexity index is 1550. The van der Waals surface area contributed by atoms with Crippen LogP contribution in [0, 0.1) is 5.82 Å². The minimum absolute atomic E-state index is 0.0761. The fraction of sp³-hybridized carbons (Fsp3) is 0.486. The van der Waals surface area contributed by atoms with Gasteiger partial charge < -0.3 is 19.1 Å². The van der Waals surface area contributed by atoms with Gasteiger partial charge >= 0.3 is 5.97 Å². The average molecular weight is 603 g/mol. The molecule has 1 fully saturated rings.